The van der Waals surface area contributed by atoms with Gasteiger partial charge in [0.15, 0.2) is 0 Å². The van der Waals surface area contributed by atoms with E-state index in [1.165, 1.54) is 18.1 Å². The summed E-state index contributed by atoms with van der Waals surface area (Å²) in [6.45, 7) is 5.83. The average Bonchev–Trinajstić information content (AvgIpc) is 3.04. The van der Waals surface area contributed by atoms with Crippen LogP contribution in [-0.2, 0) is 24.1 Å². The Balaban J connectivity index is 1.79. The van der Waals surface area contributed by atoms with Gasteiger partial charge in [0.2, 0.25) is 0 Å². The Morgan fingerprint density at radius 1 is 0.963 bits per heavy atom. The van der Waals surface area contributed by atoms with Gasteiger partial charge in [-0.05, 0) is 46.7 Å². The number of carbonyl (C=O) groups excluding carboxylic acids is 1. The predicted molar refractivity (Wildman–Crippen MR) is 107 cm³/mol. The van der Waals surface area contributed by atoms with E-state index in [9.17, 15) is 4.79 Å². The molecule has 0 aliphatic heterocycles. The number of hydrogen-bond donors (Lipinski definition) is 0. The Kier molecular flexibility index (Phi) is 6.12. The topological polar surface area (TPSA) is 39.4 Å². The van der Waals surface area contributed by atoms with E-state index in [1.54, 1.807) is 6.26 Å². The van der Waals surface area contributed by atoms with E-state index in [4.69, 9.17) is 9.15 Å². The van der Waals surface area contributed by atoms with Gasteiger partial charge < -0.3 is 9.15 Å². The van der Waals surface area contributed by atoms with Gasteiger partial charge in [-0.1, -0.05) is 56.3 Å². The molecule has 1 aromatic heterocycles. The Morgan fingerprint density at radius 3 is 2.44 bits per heavy atom. The summed E-state index contributed by atoms with van der Waals surface area (Å²) in [6.07, 6.45) is 4.24. The van der Waals surface area contributed by atoms with Crippen LogP contribution in [0.1, 0.15) is 48.8 Å². The van der Waals surface area contributed by atoms with Crippen LogP contribution in [0.4, 0.5) is 0 Å². The predicted octanol–water partition coefficient (Wildman–Crippen LogP) is 5.59. The molecule has 0 atom stereocenters. The number of benzene rings is 2. The second-order valence-electron chi connectivity index (χ2n) is 7.39. The van der Waals surface area contributed by atoms with Crippen molar-refractivity contribution in [1.82, 2.24) is 0 Å². The van der Waals surface area contributed by atoms with Gasteiger partial charge in [-0.3, -0.25) is 4.79 Å². The normalized spacial score (nSPS) is 11.0. The smallest absolute Gasteiger partial charge is 0.308 e. The van der Waals surface area contributed by atoms with E-state index in [0.717, 1.165) is 29.7 Å². The van der Waals surface area contributed by atoms with Crippen LogP contribution < -0.4 is 4.74 Å². The van der Waals surface area contributed by atoms with Crippen molar-refractivity contribution in [3.63, 3.8) is 0 Å². The first-order valence-corrected chi connectivity index (χ1v) is 9.40. The summed E-state index contributed by atoms with van der Waals surface area (Å²) in [6, 6.07) is 18.4. The summed E-state index contributed by atoms with van der Waals surface area (Å²) in [5, 5.41) is 0. The van der Waals surface area contributed by atoms with Crippen molar-refractivity contribution in [2.24, 2.45) is 5.92 Å². The molecule has 0 amide bonds. The van der Waals surface area contributed by atoms with Crippen molar-refractivity contribution < 1.29 is 13.9 Å². The number of carbonyl (C=O) groups is 1. The van der Waals surface area contributed by atoms with Crippen LogP contribution in [0.25, 0.3) is 0 Å². The largest absolute Gasteiger partial charge is 0.469 e. The second kappa shape index (κ2) is 8.72. The Hall–Kier alpha value is -2.81. The van der Waals surface area contributed by atoms with E-state index in [2.05, 4.69) is 38.1 Å². The molecule has 0 aliphatic rings. The lowest BCUT2D eigenvalue weighted by Crippen LogP contribution is -2.05. The van der Waals surface area contributed by atoms with Gasteiger partial charge in [0.1, 0.15) is 11.5 Å². The minimum Gasteiger partial charge on any atom is -0.469 e. The highest BCUT2D eigenvalue weighted by molar-refractivity contribution is 5.70. The van der Waals surface area contributed by atoms with Gasteiger partial charge in [0.05, 0.1) is 6.26 Å². The monoisotopic (exact) mass is 362 g/mol. The molecule has 0 fully saturated rings. The SMILES string of the molecule is CC(=O)Oc1ccc(CC(C)C)cc1Cc1coc(Cc2ccccc2)c1. The van der Waals surface area contributed by atoms with E-state index < -0.39 is 0 Å². The summed E-state index contributed by atoms with van der Waals surface area (Å²) >= 11 is 0. The van der Waals surface area contributed by atoms with E-state index >= 15 is 0 Å². The molecule has 2 aromatic carbocycles. The molecule has 1 heterocycles. The van der Waals surface area contributed by atoms with Gasteiger partial charge in [0, 0.05) is 19.8 Å². The lowest BCUT2D eigenvalue weighted by Gasteiger charge is -2.12. The molecule has 0 radical (unpaired) electrons. The van der Waals surface area contributed by atoms with Crippen molar-refractivity contribution in [2.75, 3.05) is 0 Å². The summed E-state index contributed by atoms with van der Waals surface area (Å²) < 4.78 is 11.2. The van der Waals surface area contributed by atoms with Crippen LogP contribution in [-0.4, -0.2) is 5.97 Å². The van der Waals surface area contributed by atoms with Crippen molar-refractivity contribution in [1.29, 1.82) is 0 Å². The molecular formula is C24H26O3. The van der Waals surface area contributed by atoms with Gasteiger partial charge in [-0.25, -0.2) is 0 Å². The van der Waals surface area contributed by atoms with Crippen LogP contribution in [0.3, 0.4) is 0 Å². The highest BCUT2D eigenvalue weighted by Crippen LogP contribution is 2.26. The first-order valence-electron chi connectivity index (χ1n) is 9.40. The number of hydrogen-bond acceptors (Lipinski definition) is 3. The quantitative estimate of drug-likeness (QED) is 0.406. The molecule has 3 aromatic rings. The molecule has 140 valence electrons. The maximum Gasteiger partial charge on any atom is 0.308 e. The Labute approximate surface area is 161 Å². The lowest BCUT2D eigenvalue weighted by atomic mass is 9.98. The third-order valence-electron chi connectivity index (χ3n) is 4.35. The lowest BCUT2D eigenvalue weighted by molar-refractivity contribution is -0.131. The minimum atomic E-state index is -0.301. The van der Waals surface area contributed by atoms with Crippen LogP contribution in [0, 0.1) is 5.92 Å². The fraction of sp³-hybridized carbons (Fsp3) is 0.292. The maximum absolute atomic E-state index is 11.4. The molecule has 0 bridgehead atoms. The second-order valence-corrected chi connectivity index (χ2v) is 7.39. The van der Waals surface area contributed by atoms with Gasteiger partial charge in [0.25, 0.3) is 0 Å². The van der Waals surface area contributed by atoms with Crippen molar-refractivity contribution >= 4 is 5.97 Å². The van der Waals surface area contributed by atoms with E-state index in [0.29, 0.717) is 18.1 Å². The molecule has 3 nitrogen and oxygen atoms in total. The number of furan rings is 1. The zero-order valence-corrected chi connectivity index (χ0v) is 16.2. The number of rotatable bonds is 7. The zero-order chi connectivity index (χ0) is 19.2. The number of ether oxygens (including phenoxy) is 1. The van der Waals surface area contributed by atoms with Gasteiger partial charge in [-0.2, -0.15) is 0 Å². The Bertz CT molecular complexity index is 891. The van der Waals surface area contributed by atoms with Gasteiger partial charge >= 0.3 is 5.97 Å². The molecule has 0 aliphatic carbocycles. The Morgan fingerprint density at radius 2 is 1.74 bits per heavy atom. The van der Waals surface area contributed by atoms with Gasteiger partial charge in [-0.15, -0.1) is 0 Å². The molecule has 0 spiro atoms. The fourth-order valence-electron chi connectivity index (χ4n) is 3.25. The standard InChI is InChI=1S/C24H26O3/c1-17(2)11-20-9-10-24(27-18(3)25)22(12-20)13-21-15-23(26-16-21)14-19-7-5-4-6-8-19/h4-10,12,15-17H,11,13-14H2,1-3H3. The molecule has 3 rings (SSSR count). The molecule has 0 N–H and O–H groups in total. The van der Waals surface area contributed by atoms with E-state index in [1.807, 2.05) is 30.3 Å². The summed E-state index contributed by atoms with van der Waals surface area (Å²) in [5.41, 5.74) is 4.56. The third kappa shape index (κ3) is 5.58. The van der Waals surface area contributed by atoms with Crippen LogP contribution in [0.15, 0.2) is 65.3 Å². The first-order chi connectivity index (χ1) is 13.0. The maximum atomic E-state index is 11.4. The average molecular weight is 362 g/mol. The minimum absolute atomic E-state index is 0.301. The van der Waals surface area contributed by atoms with Crippen LogP contribution in [0.2, 0.25) is 0 Å². The first kappa shape index (κ1) is 19.0. The summed E-state index contributed by atoms with van der Waals surface area (Å²) in [5.74, 6) is 1.83. The zero-order valence-electron chi connectivity index (χ0n) is 16.2. The molecular weight excluding hydrogens is 336 g/mol. The highest BCUT2D eigenvalue weighted by Gasteiger charge is 2.12. The molecule has 27 heavy (non-hydrogen) atoms. The third-order valence-corrected chi connectivity index (χ3v) is 4.35. The highest BCUT2D eigenvalue weighted by atomic mass is 16.5. The van der Waals surface area contributed by atoms with Crippen molar-refractivity contribution in [3.05, 3.63) is 88.9 Å². The van der Waals surface area contributed by atoms with E-state index in [-0.39, 0.29) is 5.97 Å². The number of esters is 1. The van der Waals surface area contributed by atoms with Crippen molar-refractivity contribution in [3.8, 4) is 5.75 Å². The molecule has 3 heteroatoms. The summed E-state index contributed by atoms with van der Waals surface area (Å²) in [7, 11) is 0. The van der Waals surface area contributed by atoms with Crippen LogP contribution in [0.5, 0.6) is 5.75 Å². The molecule has 0 saturated heterocycles. The summed E-state index contributed by atoms with van der Waals surface area (Å²) in [4.78, 5) is 11.4. The fourth-order valence-corrected chi connectivity index (χ4v) is 3.25. The molecule has 0 unspecified atom stereocenters. The van der Waals surface area contributed by atoms with Crippen molar-refractivity contribution in [2.45, 2.75) is 40.0 Å². The van der Waals surface area contributed by atoms with Crippen LogP contribution >= 0.6 is 0 Å². The molecule has 0 saturated carbocycles.